The summed E-state index contributed by atoms with van der Waals surface area (Å²) in [6.45, 7) is 4.54. The zero-order valence-corrected chi connectivity index (χ0v) is 20.9. The van der Waals surface area contributed by atoms with Crippen LogP contribution in [0.1, 0.15) is 112 Å². The van der Waals surface area contributed by atoms with E-state index in [4.69, 9.17) is 0 Å². The molecule has 2 aliphatic carbocycles. The summed E-state index contributed by atoms with van der Waals surface area (Å²) in [6.07, 6.45) is 19.1. The van der Waals surface area contributed by atoms with Crippen LogP contribution >= 0.6 is 0 Å². The summed E-state index contributed by atoms with van der Waals surface area (Å²) in [5.41, 5.74) is 5.64. The van der Waals surface area contributed by atoms with Gasteiger partial charge in [-0.1, -0.05) is 81.0 Å². The van der Waals surface area contributed by atoms with Gasteiger partial charge < -0.3 is 0 Å². The van der Waals surface area contributed by atoms with Crippen LogP contribution in [0.2, 0.25) is 0 Å². The van der Waals surface area contributed by atoms with Gasteiger partial charge in [-0.3, -0.25) is 0 Å². The van der Waals surface area contributed by atoms with Crippen LogP contribution in [0.25, 0.3) is 0 Å². The molecule has 0 unspecified atom stereocenters. The summed E-state index contributed by atoms with van der Waals surface area (Å²) in [7, 11) is 0. The van der Waals surface area contributed by atoms with Crippen molar-refractivity contribution in [3.05, 3.63) is 82.9 Å². The van der Waals surface area contributed by atoms with Gasteiger partial charge in [0.1, 0.15) is 0 Å². The van der Waals surface area contributed by atoms with Crippen molar-refractivity contribution in [2.75, 3.05) is 0 Å². The molecule has 0 saturated heterocycles. The Balaban J connectivity index is 1.22. The molecule has 174 valence electrons. The second kappa shape index (κ2) is 12.3. The van der Waals surface area contributed by atoms with Crippen LogP contribution in [0, 0.1) is 23.7 Å². The van der Waals surface area contributed by atoms with Crippen LogP contribution in [-0.2, 0) is 6.42 Å². The summed E-state index contributed by atoms with van der Waals surface area (Å²) < 4.78 is 0. The molecule has 33 heavy (non-hydrogen) atoms. The first-order valence-electron chi connectivity index (χ1n) is 13.6. The highest BCUT2D eigenvalue weighted by Gasteiger charge is 2.22. The van der Waals surface area contributed by atoms with Gasteiger partial charge in [0.15, 0.2) is 0 Å². The summed E-state index contributed by atoms with van der Waals surface area (Å²) in [6, 6.07) is 18.4. The Hall–Kier alpha value is -2.26. The molecule has 2 aromatic carbocycles. The molecule has 2 aromatic rings. The lowest BCUT2D eigenvalue weighted by Gasteiger charge is -2.28. The monoisotopic (exact) mass is 438 g/mol. The van der Waals surface area contributed by atoms with E-state index < -0.39 is 0 Å². The van der Waals surface area contributed by atoms with Crippen molar-refractivity contribution in [3.63, 3.8) is 0 Å². The number of hydrogen-bond acceptors (Lipinski definition) is 0. The van der Waals surface area contributed by atoms with Gasteiger partial charge in [0, 0.05) is 5.56 Å². The zero-order chi connectivity index (χ0) is 22.9. The van der Waals surface area contributed by atoms with Crippen molar-refractivity contribution in [1.82, 2.24) is 0 Å². The SMILES string of the molecule is CCC[C@H]1CC[C@H](c2ccc(C#CC=C[C@H]3CC[C@H](c4ccc(CC)cc4)CC3)cc2)CC1. The first-order chi connectivity index (χ1) is 16.2. The van der Waals surface area contributed by atoms with Crippen LogP contribution in [0.15, 0.2) is 60.7 Å². The van der Waals surface area contributed by atoms with E-state index in [2.05, 4.69) is 86.4 Å². The van der Waals surface area contributed by atoms with E-state index in [-0.39, 0.29) is 0 Å². The first-order valence-corrected chi connectivity index (χ1v) is 13.6. The molecule has 0 heterocycles. The number of hydrogen-bond donors (Lipinski definition) is 0. The van der Waals surface area contributed by atoms with E-state index >= 15 is 0 Å². The van der Waals surface area contributed by atoms with E-state index in [1.165, 1.54) is 80.9 Å². The third-order valence-electron chi connectivity index (χ3n) is 8.23. The lowest BCUT2D eigenvalue weighted by atomic mass is 9.77. The Morgan fingerprint density at radius 1 is 0.727 bits per heavy atom. The largest absolute Gasteiger partial charge is 0.0730 e. The average molecular weight is 439 g/mol. The summed E-state index contributed by atoms with van der Waals surface area (Å²) in [5.74, 6) is 9.81. The maximum absolute atomic E-state index is 3.35. The van der Waals surface area contributed by atoms with E-state index in [0.29, 0.717) is 5.92 Å². The maximum atomic E-state index is 3.35. The molecule has 2 saturated carbocycles. The molecular formula is C33H42. The van der Waals surface area contributed by atoms with Crippen LogP contribution in [-0.4, -0.2) is 0 Å². The van der Waals surface area contributed by atoms with Crippen molar-refractivity contribution in [3.8, 4) is 11.8 Å². The Kier molecular flexibility index (Phi) is 8.88. The van der Waals surface area contributed by atoms with Crippen LogP contribution in [0.4, 0.5) is 0 Å². The van der Waals surface area contributed by atoms with Crippen molar-refractivity contribution in [2.24, 2.45) is 11.8 Å². The van der Waals surface area contributed by atoms with Gasteiger partial charge in [0.2, 0.25) is 0 Å². The summed E-state index contributed by atoms with van der Waals surface area (Å²) in [4.78, 5) is 0. The Labute approximate surface area is 202 Å². The molecule has 0 spiro atoms. The second-order valence-corrected chi connectivity index (χ2v) is 10.5. The maximum Gasteiger partial charge on any atom is 0.0249 e. The van der Waals surface area contributed by atoms with Gasteiger partial charge in [0.05, 0.1) is 0 Å². The molecule has 0 amide bonds. The molecule has 0 aliphatic heterocycles. The van der Waals surface area contributed by atoms with Crippen LogP contribution in [0.3, 0.4) is 0 Å². The standard InChI is InChI=1S/C33H42/c1-3-7-27-12-20-31(21-13-27)33-24-16-29(17-25-33)9-6-5-8-28-14-22-32(23-15-28)30-18-10-26(4-2)11-19-30/h5,8,10-11,16-19,24-25,27-28,31-32H,3-4,7,12-15,20-23H2,1-2H3/t27-,28-,31-,32-. The molecule has 2 fully saturated rings. The number of allylic oxidation sites excluding steroid dienone is 2. The Morgan fingerprint density at radius 2 is 1.30 bits per heavy atom. The van der Waals surface area contributed by atoms with Gasteiger partial charge in [-0.25, -0.2) is 0 Å². The number of benzene rings is 2. The average Bonchev–Trinajstić information content (AvgIpc) is 2.88. The fourth-order valence-electron chi connectivity index (χ4n) is 6.01. The van der Waals surface area contributed by atoms with Gasteiger partial charge in [-0.2, -0.15) is 0 Å². The quantitative estimate of drug-likeness (QED) is 0.394. The van der Waals surface area contributed by atoms with E-state index in [1.54, 1.807) is 0 Å². The first kappa shape index (κ1) is 23.9. The highest BCUT2D eigenvalue weighted by atomic mass is 14.3. The molecule has 0 bridgehead atoms. The minimum absolute atomic E-state index is 0.690. The van der Waals surface area contributed by atoms with Crippen LogP contribution in [0.5, 0.6) is 0 Å². The molecule has 0 N–H and O–H groups in total. The van der Waals surface area contributed by atoms with E-state index in [0.717, 1.165) is 29.7 Å². The lowest BCUT2D eigenvalue weighted by molar-refractivity contribution is 0.308. The Bertz CT molecular complexity index is 918. The molecule has 0 atom stereocenters. The van der Waals surface area contributed by atoms with Crippen LogP contribution < -0.4 is 0 Å². The van der Waals surface area contributed by atoms with E-state index in [9.17, 15) is 0 Å². The topological polar surface area (TPSA) is 0 Å². The smallest absolute Gasteiger partial charge is 0.0249 e. The van der Waals surface area contributed by atoms with E-state index in [1.807, 2.05) is 0 Å². The summed E-state index contributed by atoms with van der Waals surface area (Å²) >= 11 is 0. The minimum atomic E-state index is 0.690. The molecule has 0 heteroatoms. The van der Waals surface area contributed by atoms with Gasteiger partial charge in [0.25, 0.3) is 0 Å². The highest BCUT2D eigenvalue weighted by molar-refractivity contribution is 5.39. The van der Waals surface area contributed by atoms with Crippen molar-refractivity contribution in [2.45, 2.75) is 96.3 Å². The minimum Gasteiger partial charge on any atom is -0.0730 e. The normalized spacial score (nSPS) is 25.5. The zero-order valence-electron chi connectivity index (χ0n) is 20.9. The van der Waals surface area contributed by atoms with Crippen molar-refractivity contribution < 1.29 is 0 Å². The predicted molar refractivity (Wildman–Crippen MR) is 143 cm³/mol. The second-order valence-electron chi connectivity index (χ2n) is 10.5. The third kappa shape index (κ3) is 6.86. The Morgan fingerprint density at radius 3 is 1.88 bits per heavy atom. The predicted octanol–water partition coefficient (Wildman–Crippen LogP) is 9.20. The molecule has 0 radical (unpaired) electrons. The highest BCUT2D eigenvalue weighted by Crippen LogP contribution is 2.38. The molecule has 2 aliphatic rings. The van der Waals surface area contributed by atoms with Crippen molar-refractivity contribution in [1.29, 1.82) is 0 Å². The van der Waals surface area contributed by atoms with Gasteiger partial charge >= 0.3 is 0 Å². The molecular weight excluding hydrogens is 396 g/mol. The number of rotatable bonds is 6. The fourth-order valence-corrected chi connectivity index (χ4v) is 6.01. The summed E-state index contributed by atoms with van der Waals surface area (Å²) in [5, 5.41) is 0. The van der Waals surface area contributed by atoms with Gasteiger partial charge in [-0.05, 0) is 116 Å². The lowest BCUT2D eigenvalue weighted by Crippen LogP contribution is -2.13. The third-order valence-corrected chi connectivity index (χ3v) is 8.23. The molecule has 0 nitrogen and oxygen atoms in total. The number of aryl methyl sites for hydroxylation is 1. The van der Waals surface area contributed by atoms with Gasteiger partial charge in [-0.15, -0.1) is 0 Å². The molecule has 0 aromatic heterocycles. The van der Waals surface area contributed by atoms with Crippen molar-refractivity contribution >= 4 is 0 Å². The molecule has 4 rings (SSSR count). The fraction of sp³-hybridized carbons (Fsp3) is 0.515.